The van der Waals surface area contributed by atoms with Gasteiger partial charge in [0.2, 0.25) is 0 Å². The number of hydrogen-bond acceptors (Lipinski definition) is 2. The van der Waals surface area contributed by atoms with Gasteiger partial charge in [-0.1, -0.05) is 43.6 Å². The summed E-state index contributed by atoms with van der Waals surface area (Å²) in [6.07, 6.45) is 9.88. The summed E-state index contributed by atoms with van der Waals surface area (Å²) in [6.45, 7) is 4.63. The van der Waals surface area contributed by atoms with Gasteiger partial charge in [-0.3, -0.25) is 4.79 Å². The van der Waals surface area contributed by atoms with E-state index in [1.165, 1.54) is 0 Å². The molecule has 0 heterocycles. The van der Waals surface area contributed by atoms with Crippen LogP contribution in [0.25, 0.3) is 0 Å². The third kappa shape index (κ3) is 2.62. The third-order valence-electron chi connectivity index (χ3n) is 3.31. The van der Waals surface area contributed by atoms with Gasteiger partial charge in [-0.2, -0.15) is 0 Å². The Morgan fingerprint density at radius 3 is 2.69 bits per heavy atom. The number of rotatable bonds is 7. The molecule has 90 valence electrons. The quantitative estimate of drug-likeness (QED) is 0.618. The molecule has 0 bridgehead atoms. The highest BCUT2D eigenvalue weighted by molar-refractivity contribution is 5.91. The third-order valence-corrected chi connectivity index (χ3v) is 3.31. The van der Waals surface area contributed by atoms with Crippen LogP contribution in [0.15, 0.2) is 23.8 Å². The van der Waals surface area contributed by atoms with Gasteiger partial charge in [0.25, 0.3) is 0 Å². The second kappa shape index (κ2) is 6.00. The number of hydrogen-bond donors (Lipinski definition) is 0. The zero-order valence-electron chi connectivity index (χ0n) is 10.6. The van der Waals surface area contributed by atoms with Gasteiger partial charge >= 0.3 is 0 Å². The minimum atomic E-state index is -0.470. The molecule has 0 aromatic carbocycles. The highest BCUT2D eigenvalue weighted by Gasteiger charge is 2.38. The zero-order chi connectivity index (χ0) is 12.0. The molecule has 0 aromatic rings. The van der Waals surface area contributed by atoms with E-state index in [2.05, 4.69) is 6.92 Å². The summed E-state index contributed by atoms with van der Waals surface area (Å²) in [5.41, 5.74) is 0.638. The van der Waals surface area contributed by atoms with Crippen molar-refractivity contribution in [3.63, 3.8) is 0 Å². The Kier molecular flexibility index (Phi) is 4.94. The Morgan fingerprint density at radius 2 is 2.19 bits per heavy atom. The second-order valence-corrected chi connectivity index (χ2v) is 4.49. The molecule has 0 saturated carbocycles. The normalized spacial score (nSPS) is 23.6. The summed E-state index contributed by atoms with van der Waals surface area (Å²) < 4.78 is 5.21. The lowest BCUT2D eigenvalue weighted by atomic mass is 9.78. The Labute approximate surface area is 98.4 Å². The number of ether oxygens (including phenoxy) is 1. The molecule has 1 atom stereocenters. The molecule has 0 aromatic heterocycles. The summed E-state index contributed by atoms with van der Waals surface area (Å²) in [5, 5.41) is 0. The zero-order valence-corrected chi connectivity index (χ0v) is 10.6. The van der Waals surface area contributed by atoms with Gasteiger partial charge < -0.3 is 4.74 Å². The van der Waals surface area contributed by atoms with Crippen molar-refractivity contribution in [2.24, 2.45) is 5.41 Å². The van der Waals surface area contributed by atoms with Crippen LogP contribution in [0.3, 0.4) is 0 Å². The maximum absolute atomic E-state index is 12.3. The van der Waals surface area contributed by atoms with Crippen molar-refractivity contribution in [1.29, 1.82) is 0 Å². The number of unbranched alkanes of at least 4 members (excludes halogenated alkanes) is 2. The van der Waals surface area contributed by atoms with Crippen molar-refractivity contribution in [3.8, 4) is 0 Å². The predicted molar refractivity (Wildman–Crippen MR) is 66.4 cm³/mol. The van der Waals surface area contributed by atoms with E-state index in [0.29, 0.717) is 18.8 Å². The fourth-order valence-electron chi connectivity index (χ4n) is 2.18. The summed E-state index contributed by atoms with van der Waals surface area (Å²) in [7, 11) is 1.65. The highest BCUT2D eigenvalue weighted by Crippen LogP contribution is 2.36. The van der Waals surface area contributed by atoms with Crippen LogP contribution in [0, 0.1) is 5.41 Å². The van der Waals surface area contributed by atoms with Crippen LogP contribution < -0.4 is 0 Å². The monoisotopic (exact) mass is 222 g/mol. The fraction of sp³-hybridized carbons (Fsp3) is 0.643. The fourth-order valence-corrected chi connectivity index (χ4v) is 2.18. The molecule has 2 heteroatoms. The van der Waals surface area contributed by atoms with Crippen LogP contribution in [0.1, 0.15) is 39.5 Å². The van der Waals surface area contributed by atoms with Gasteiger partial charge in [0.05, 0.1) is 12.0 Å². The topological polar surface area (TPSA) is 26.3 Å². The van der Waals surface area contributed by atoms with Gasteiger partial charge in [-0.15, -0.1) is 0 Å². The van der Waals surface area contributed by atoms with E-state index in [9.17, 15) is 4.79 Å². The van der Waals surface area contributed by atoms with Gasteiger partial charge in [0.15, 0.2) is 0 Å². The molecule has 0 amide bonds. The molecule has 0 aliphatic heterocycles. The molecule has 1 aliphatic rings. The molecule has 1 unspecified atom stereocenters. The molecule has 0 radical (unpaired) electrons. The van der Waals surface area contributed by atoms with Crippen LogP contribution >= 0.6 is 0 Å². The van der Waals surface area contributed by atoms with Crippen molar-refractivity contribution in [2.45, 2.75) is 39.5 Å². The standard InChI is InChI=1S/C14H22O2/c1-4-5-6-9-13(15)14(11-16-3)10-7-8-12(14)2/h7-8,10H,4-6,9,11H2,1-3H3. The Hall–Kier alpha value is -0.890. The molecule has 0 saturated heterocycles. The summed E-state index contributed by atoms with van der Waals surface area (Å²) in [4.78, 5) is 12.3. The number of carbonyl (C=O) groups is 1. The molecule has 0 fully saturated rings. The Morgan fingerprint density at radius 1 is 1.44 bits per heavy atom. The molecule has 0 spiro atoms. The second-order valence-electron chi connectivity index (χ2n) is 4.49. The number of Topliss-reactive ketones (excluding diaryl/α,β-unsaturated/α-hetero) is 1. The average molecular weight is 222 g/mol. The van der Waals surface area contributed by atoms with Gasteiger partial charge in [-0.05, 0) is 13.3 Å². The Balaban J connectivity index is 2.67. The van der Waals surface area contributed by atoms with E-state index in [1.54, 1.807) is 7.11 Å². The number of carbonyl (C=O) groups excluding carboxylic acids is 1. The van der Waals surface area contributed by atoms with Crippen molar-refractivity contribution >= 4 is 5.78 Å². The van der Waals surface area contributed by atoms with Crippen LogP contribution in [0.5, 0.6) is 0 Å². The minimum absolute atomic E-state index is 0.297. The lowest BCUT2D eigenvalue weighted by Gasteiger charge is -2.27. The van der Waals surface area contributed by atoms with E-state index < -0.39 is 5.41 Å². The SMILES string of the molecule is CCCCCC(=O)C1(COC)C=CC=C1C. The molecule has 2 nitrogen and oxygen atoms in total. The van der Waals surface area contributed by atoms with Gasteiger partial charge in [0, 0.05) is 13.5 Å². The summed E-state index contributed by atoms with van der Waals surface area (Å²) in [5.74, 6) is 0.297. The average Bonchev–Trinajstić information content (AvgIpc) is 2.62. The molecule has 0 N–H and O–H groups in total. The predicted octanol–water partition coefficient (Wildman–Crippen LogP) is 3.28. The van der Waals surface area contributed by atoms with Crippen molar-refractivity contribution < 1.29 is 9.53 Å². The molecule has 1 aliphatic carbocycles. The van der Waals surface area contributed by atoms with E-state index in [0.717, 1.165) is 24.8 Å². The molecular formula is C14H22O2. The smallest absolute Gasteiger partial charge is 0.149 e. The maximum atomic E-state index is 12.3. The first-order valence-electron chi connectivity index (χ1n) is 6.06. The molecule has 16 heavy (non-hydrogen) atoms. The van der Waals surface area contributed by atoms with Crippen LogP contribution in [0.4, 0.5) is 0 Å². The minimum Gasteiger partial charge on any atom is -0.383 e. The Bertz CT molecular complexity index is 302. The van der Waals surface area contributed by atoms with Crippen LogP contribution in [-0.2, 0) is 9.53 Å². The van der Waals surface area contributed by atoms with E-state index in [-0.39, 0.29) is 0 Å². The van der Waals surface area contributed by atoms with Crippen LogP contribution in [-0.4, -0.2) is 19.5 Å². The lowest BCUT2D eigenvalue weighted by Crippen LogP contribution is -2.33. The number of methoxy groups -OCH3 is 1. The maximum Gasteiger partial charge on any atom is 0.149 e. The first-order valence-corrected chi connectivity index (χ1v) is 6.06. The van der Waals surface area contributed by atoms with E-state index in [4.69, 9.17) is 4.74 Å². The van der Waals surface area contributed by atoms with Gasteiger partial charge in [-0.25, -0.2) is 0 Å². The molecular weight excluding hydrogens is 200 g/mol. The molecule has 1 rings (SSSR count). The first-order chi connectivity index (χ1) is 7.67. The van der Waals surface area contributed by atoms with E-state index >= 15 is 0 Å². The first kappa shape index (κ1) is 13.2. The van der Waals surface area contributed by atoms with Gasteiger partial charge in [0.1, 0.15) is 5.78 Å². The largest absolute Gasteiger partial charge is 0.383 e. The highest BCUT2D eigenvalue weighted by atomic mass is 16.5. The lowest BCUT2D eigenvalue weighted by molar-refractivity contribution is -0.126. The van der Waals surface area contributed by atoms with Crippen molar-refractivity contribution in [2.75, 3.05) is 13.7 Å². The van der Waals surface area contributed by atoms with E-state index in [1.807, 2.05) is 25.2 Å². The van der Waals surface area contributed by atoms with Crippen molar-refractivity contribution in [3.05, 3.63) is 23.8 Å². The number of allylic oxidation sites excluding steroid dienone is 2. The summed E-state index contributed by atoms with van der Waals surface area (Å²) in [6, 6.07) is 0. The summed E-state index contributed by atoms with van der Waals surface area (Å²) >= 11 is 0. The number of ketones is 1. The van der Waals surface area contributed by atoms with Crippen molar-refractivity contribution in [1.82, 2.24) is 0 Å². The van der Waals surface area contributed by atoms with Crippen LogP contribution in [0.2, 0.25) is 0 Å².